The monoisotopic (exact) mass is 319 g/mol. The number of aliphatic hydroxyl groups excluding tert-OH is 1. The van der Waals surface area contributed by atoms with Gasteiger partial charge in [0.05, 0.1) is 11.8 Å². The van der Waals surface area contributed by atoms with Gasteiger partial charge in [-0.05, 0) is 52.5 Å². The molecular weight excluding hydrogens is 306 g/mol. The molecule has 1 heterocycles. The lowest BCUT2D eigenvalue weighted by Crippen LogP contribution is -2.00. The number of fused-ring (bicyclic) bond motifs is 1. The number of hydrogen-bond donors (Lipinski definition) is 1. The maximum atomic E-state index is 9.85. The smallest absolute Gasteiger partial charge is 0.130 e. The van der Waals surface area contributed by atoms with Crippen LogP contribution in [0.3, 0.4) is 0 Å². The van der Waals surface area contributed by atoms with Gasteiger partial charge >= 0.3 is 0 Å². The second kappa shape index (κ2) is 5.31. The van der Waals surface area contributed by atoms with Crippen LogP contribution in [0.15, 0.2) is 41.0 Å². The van der Waals surface area contributed by atoms with E-state index >= 15 is 0 Å². The van der Waals surface area contributed by atoms with Crippen molar-refractivity contribution in [3.8, 4) is 5.75 Å². The summed E-state index contributed by atoms with van der Waals surface area (Å²) in [5.41, 5.74) is 3.02. The summed E-state index contributed by atoms with van der Waals surface area (Å²) in [5.74, 6) is 0.860. The quantitative estimate of drug-likeness (QED) is 0.942. The Hall–Kier alpha value is -1.39. The highest BCUT2D eigenvalue weighted by atomic mass is 79.9. The maximum Gasteiger partial charge on any atom is 0.130 e. The van der Waals surface area contributed by atoms with Crippen LogP contribution in [-0.2, 0) is 13.0 Å². The van der Waals surface area contributed by atoms with Crippen LogP contribution in [0.25, 0.3) is 0 Å². The number of halogens is 1. The molecule has 0 radical (unpaired) electrons. The van der Waals surface area contributed by atoms with Crippen molar-refractivity contribution < 1.29 is 9.84 Å². The first-order valence-corrected chi connectivity index (χ1v) is 7.06. The standard InChI is InChI=1S/C15H14BrNO2/c16-10-4-5-11(17-8-10)9-19-15-3-1-2-12-13(15)6-7-14(12)18/h1-5,8,14,18H,6-7,9H2. The summed E-state index contributed by atoms with van der Waals surface area (Å²) in [6.45, 7) is 0.444. The first kappa shape index (κ1) is 12.6. The van der Waals surface area contributed by atoms with E-state index in [4.69, 9.17) is 4.74 Å². The van der Waals surface area contributed by atoms with Gasteiger partial charge in [-0.15, -0.1) is 0 Å². The lowest BCUT2D eigenvalue weighted by atomic mass is 10.1. The van der Waals surface area contributed by atoms with E-state index in [0.717, 1.165) is 39.9 Å². The van der Waals surface area contributed by atoms with E-state index in [1.807, 2.05) is 30.3 Å². The lowest BCUT2D eigenvalue weighted by Gasteiger charge is -2.11. The van der Waals surface area contributed by atoms with Crippen molar-refractivity contribution in [2.24, 2.45) is 0 Å². The van der Waals surface area contributed by atoms with Gasteiger partial charge in [0, 0.05) is 16.2 Å². The summed E-state index contributed by atoms with van der Waals surface area (Å²) in [6, 6.07) is 9.73. The van der Waals surface area contributed by atoms with Crippen LogP contribution in [0.5, 0.6) is 5.75 Å². The molecule has 0 saturated carbocycles. The summed E-state index contributed by atoms with van der Waals surface area (Å²) in [4.78, 5) is 4.28. The van der Waals surface area contributed by atoms with Crippen LogP contribution in [0, 0.1) is 0 Å². The average Bonchev–Trinajstić information content (AvgIpc) is 2.81. The Kier molecular flexibility index (Phi) is 3.53. The minimum atomic E-state index is -0.343. The van der Waals surface area contributed by atoms with Gasteiger partial charge in [0.25, 0.3) is 0 Å². The predicted octanol–water partition coefficient (Wildman–Crippen LogP) is 3.40. The number of ether oxygens (including phenoxy) is 1. The fourth-order valence-electron chi connectivity index (χ4n) is 2.38. The molecule has 0 saturated heterocycles. The molecule has 1 unspecified atom stereocenters. The van der Waals surface area contributed by atoms with Crippen LogP contribution in [-0.4, -0.2) is 10.1 Å². The molecule has 98 valence electrons. The zero-order chi connectivity index (χ0) is 13.2. The Morgan fingerprint density at radius 1 is 1.32 bits per heavy atom. The Morgan fingerprint density at radius 3 is 3.00 bits per heavy atom. The van der Waals surface area contributed by atoms with E-state index in [1.165, 1.54) is 0 Å². The third-order valence-electron chi connectivity index (χ3n) is 3.36. The summed E-state index contributed by atoms with van der Waals surface area (Å²) >= 11 is 3.36. The van der Waals surface area contributed by atoms with E-state index in [1.54, 1.807) is 6.20 Å². The maximum absolute atomic E-state index is 9.85. The molecule has 19 heavy (non-hydrogen) atoms. The van der Waals surface area contributed by atoms with Gasteiger partial charge in [-0.3, -0.25) is 4.98 Å². The zero-order valence-electron chi connectivity index (χ0n) is 10.3. The molecule has 3 rings (SSSR count). The molecule has 4 heteroatoms. The van der Waals surface area contributed by atoms with Crippen LogP contribution in [0.2, 0.25) is 0 Å². The van der Waals surface area contributed by atoms with Crippen molar-refractivity contribution in [2.45, 2.75) is 25.6 Å². The molecule has 0 aliphatic heterocycles. The molecule has 1 aromatic heterocycles. The molecule has 0 fully saturated rings. The van der Waals surface area contributed by atoms with Gasteiger partial charge in [0.1, 0.15) is 12.4 Å². The molecule has 0 amide bonds. The van der Waals surface area contributed by atoms with E-state index in [-0.39, 0.29) is 6.10 Å². The Morgan fingerprint density at radius 2 is 2.21 bits per heavy atom. The van der Waals surface area contributed by atoms with Gasteiger partial charge in [-0.2, -0.15) is 0 Å². The van der Waals surface area contributed by atoms with Crippen molar-refractivity contribution >= 4 is 15.9 Å². The van der Waals surface area contributed by atoms with Crippen molar-refractivity contribution in [3.63, 3.8) is 0 Å². The van der Waals surface area contributed by atoms with Crippen molar-refractivity contribution in [3.05, 3.63) is 57.8 Å². The van der Waals surface area contributed by atoms with Crippen molar-refractivity contribution in [2.75, 3.05) is 0 Å². The molecule has 3 nitrogen and oxygen atoms in total. The summed E-state index contributed by atoms with van der Waals surface area (Å²) < 4.78 is 6.79. The Balaban J connectivity index is 1.76. The molecule has 1 atom stereocenters. The van der Waals surface area contributed by atoms with E-state index in [9.17, 15) is 5.11 Å². The summed E-state index contributed by atoms with van der Waals surface area (Å²) in [7, 11) is 0. The fourth-order valence-corrected chi connectivity index (χ4v) is 2.61. The van der Waals surface area contributed by atoms with Gasteiger partial charge in [-0.1, -0.05) is 12.1 Å². The third-order valence-corrected chi connectivity index (χ3v) is 3.83. The molecule has 0 bridgehead atoms. The first-order chi connectivity index (χ1) is 9.24. The average molecular weight is 320 g/mol. The van der Waals surface area contributed by atoms with Gasteiger partial charge in [0.2, 0.25) is 0 Å². The second-order valence-corrected chi connectivity index (χ2v) is 5.55. The fraction of sp³-hybridized carbons (Fsp3) is 0.267. The number of hydrogen-bond acceptors (Lipinski definition) is 3. The van der Waals surface area contributed by atoms with Crippen molar-refractivity contribution in [1.29, 1.82) is 0 Å². The van der Waals surface area contributed by atoms with Crippen LogP contribution in [0.4, 0.5) is 0 Å². The van der Waals surface area contributed by atoms with Crippen molar-refractivity contribution in [1.82, 2.24) is 4.98 Å². The normalized spacial score (nSPS) is 17.3. The molecule has 1 aliphatic carbocycles. The van der Waals surface area contributed by atoms with Crippen LogP contribution in [0.1, 0.15) is 29.3 Å². The largest absolute Gasteiger partial charge is 0.487 e. The minimum Gasteiger partial charge on any atom is -0.487 e. The van der Waals surface area contributed by atoms with E-state index < -0.39 is 0 Å². The first-order valence-electron chi connectivity index (χ1n) is 6.27. The number of aromatic nitrogens is 1. The number of rotatable bonds is 3. The van der Waals surface area contributed by atoms with E-state index in [2.05, 4.69) is 20.9 Å². The Labute approximate surface area is 120 Å². The Bertz CT molecular complexity index is 583. The number of nitrogens with zero attached hydrogens (tertiary/aromatic N) is 1. The van der Waals surface area contributed by atoms with Gasteiger partial charge in [-0.25, -0.2) is 0 Å². The minimum absolute atomic E-state index is 0.343. The van der Waals surface area contributed by atoms with E-state index in [0.29, 0.717) is 6.61 Å². The number of benzene rings is 1. The molecule has 2 aromatic rings. The highest BCUT2D eigenvalue weighted by Crippen LogP contribution is 2.36. The molecule has 1 aliphatic rings. The van der Waals surface area contributed by atoms with Crippen LogP contribution >= 0.6 is 15.9 Å². The topological polar surface area (TPSA) is 42.4 Å². The molecule has 1 N–H and O–H groups in total. The zero-order valence-corrected chi connectivity index (χ0v) is 11.9. The van der Waals surface area contributed by atoms with Gasteiger partial charge < -0.3 is 9.84 Å². The summed E-state index contributed by atoms with van der Waals surface area (Å²) in [5, 5.41) is 9.85. The molecule has 1 aromatic carbocycles. The third kappa shape index (κ3) is 2.65. The number of aliphatic hydroxyl groups is 1. The molecular formula is C15H14BrNO2. The predicted molar refractivity (Wildman–Crippen MR) is 76.0 cm³/mol. The lowest BCUT2D eigenvalue weighted by molar-refractivity contribution is 0.180. The second-order valence-electron chi connectivity index (χ2n) is 4.63. The highest BCUT2D eigenvalue weighted by Gasteiger charge is 2.23. The number of pyridine rings is 1. The van der Waals surface area contributed by atoms with Gasteiger partial charge in [0.15, 0.2) is 0 Å². The van der Waals surface area contributed by atoms with Crippen LogP contribution < -0.4 is 4.74 Å². The highest BCUT2D eigenvalue weighted by molar-refractivity contribution is 9.10. The SMILES string of the molecule is OC1CCc2c(OCc3ccc(Br)cn3)cccc21. The molecule has 0 spiro atoms. The summed E-state index contributed by atoms with van der Waals surface area (Å²) in [6.07, 6.45) is 3.08.